The van der Waals surface area contributed by atoms with Crippen molar-refractivity contribution in [2.75, 3.05) is 11.5 Å². The molecule has 0 spiro atoms. The van der Waals surface area contributed by atoms with Gasteiger partial charge in [-0.15, -0.1) is 0 Å². The molecular formula is C12H18ClNO2S. The van der Waals surface area contributed by atoms with E-state index in [-0.39, 0.29) is 11.5 Å². The molecule has 1 rings (SSSR count). The largest absolute Gasteiger partial charge is 0.398 e. The summed E-state index contributed by atoms with van der Waals surface area (Å²) in [6, 6.07) is 4.92. The summed E-state index contributed by atoms with van der Waals surface area (Å²) in [5.74, 6) is 0.225. The minimum Gasteiger partial charge on any atom is -0.398 e. The molecule has 0 aliphatic rings. The van der Waals surface area contributed by atoms with Gasteiger partial charge in [-0.25, -0.2) is 8.42 Å². The first-order valence-electron chi connectivity index (χ1n) is 5.69. The van der Waals surface area contributed by atoms with Gasteiger partial charge < -0.3 is 5.73 Å². The molecule has 0 radical (unpaired) electrons. The predicted octanol–water partition coefficient (Wildman–Crippen LogP) is 3.03. The Hall–Kier alpha value is -0.740. The molecule has 0 aliphatic carbocycles. The molecule has 0 bridgehead atoms. The Kier molecular flexibility index (Phi) is 5.28. The molecule has 0 aromatic heterocycles. The van der Waals surface area contributed by atoms with E-state index in [1.807, 2.05) is 6.92 Å². The lowest BCUT2D eigenvalue weighted by atomic mass is 10.2. The second-order valence-corrected chi connectivity index (χ2v) is 6.76. The summed E-state index contributed by atoms with van der Waals surface area (Å²) in [7, 11) is -3.07. The number of hydrogen-bond donors (Lipinski definition) is 1. The molecule has 0 amide bonds. The molecule has 0 unspecified atom stereocenters. The summed E-state index contributed by atoms with van der Waals surface area (Å²) in [4.78, 5) is 0. The Morgan fingerprint density at radius 2 is 2.00 bits per heavy atom. The van der Waals surface area contributed by atoms with Crippen LogP contribution in [0.3, 0.4) is 0 Å². The lowest BCUT2D eigenvalue weighted by molar-refractivity contribution is 0.590. The number of rotatable bonds is 6. The zero-order valence-corrected chi connectivity index (χ0v) is 11.5. The number of unbranched alkanes of at least 4 members (excludes halogenated alkanes) is 2. The fourth-order valence-electron chi connectivity index (χ4n) is 1.58. The van der Waals surface area contributed by atoms with E-state index >= 15 is 0 Å². The van der Waals surface area contributed by atoms with Crippen LogP contribution in [0.2, 0.25) is 5.02 Å². The van der Waals surface area contributed by atoms with Gasteiger partial charge in [0.1, 0.15) is 0 Å². The van der Waals surface area contributed by atoms with Gasteiger partial charge in [-0.05, 0) is 24.1 Å². The highest BCUT2D eigenvalue weighted by atomic mass is 35.5. The van der Waals surface area contributed by atoms with Gasteiger partial charge in [-0.2, -0.15) is 0 Å². The molecule has 0 heterocycles. The molecule has 0 saturated carbocycles. The normalized spacial score (nSPS) is 11.6. The third-order valence-corrected chi connectivity index (χ3v) is 4.44. The van der Waals surface area contributed by atoms with Gasteiger partial charge in [0.2, 0.25) is 0 Å². The molecule has 1 aromatic carbocycles. The van der Waals surface area contributed by atoms with Crippen molar-refractivity contribution in [2.24, 2.45) is 0 Å². The fourth-order valence-corrected chi connectivity index (χ4v) is 3.28. The molecule has 3 nitrogen and oxygen atoms in total. The molecule has 96 valence electrons. The predicted molar refractivity (Wildman–Crippen MR) is 72.9 cm³/mol. The second-order valence-electron chi connectivity index (χ2n) is 4.14. The second kappa shape index (κ2) is 6.26. The average Bonchev–Trinajstić information content (AvgIpc) is 2.22. The Balaban J connectivity index is 2.69. The van der Waals surface area contributed by atoms with E-state index in [9.17, 15) is 8.42 Å². The van der Waals surface area contributed by atoms with Crippen LogP contribution >= 0.6 is 11.6 Å². The van der Waals surface area contributed by atoms with E-state index < -0.39 is 9.84 Å². The van der Waals surface area contributed by atoms with Crippen LogP contribution in [-0.4, -0.2) is 14.2 Å². The smallest absolute Gasteiger partial charge is 0.154 e. The van der Waals surface area contributed by atoms with Crippen molar-refractivity contribution in [3.63, 3.8) is 0 Å². The lowest BCUT2D eigenvalue weighted by Crippen LogP contribution is -2.10. The Morgan fingerprint density at radius 1 is 1.29 bits per heavy atom. The van der Waals surface area contributed by atoms with Crippen LogP contribution in [0, 0.1) is 0 Å². The lowest BCUT2D eigenvalue weighted by Gasteiger charge is -2.07. The van der Waals surface area contributed by atoms with Crippen LogP contribution in [0.1, 0.15) is 31.7 Å². The van der Waals surface area contributed by atoms with Crippen molar-refractivity contribution in [2.45, 2.75) is 31.9 Å². The molecule has 17 heavy (non-hydrogen) atoms. The topological polar surface area (TPSA) is 60.2 Å². The van der Waals surface area contributed by atoms with Crippen LogP contribution in [0.5, 0.6) is 0 Å². The number of halogens is 1. The van der Waals surface area contributed by atoms with E-state index in [0.29, 0.717) is 22.7 Å². The van der Waals surface area contributed by atoms with Crippen LogP contribution in [-0.2, 0) is 15.6 Å². The zero-order chi connectivity index (χ0) is 12.9. The summed E-state index contributed by atoms with van der Waals surface area (Å²) in [5.41, 5.74) is 6.81. The minimum absolute atomic E-state index is 0.000281. The third kappa shape index (κ3) is 4.96. The molecule has 2 N–H and O–H groups in total. The van der Waals surface area contributed by atoms with Gasteiger partial charge in [-0.1, -0.05) is 37.4 Å². The van der Waals surface area contributed by atoms with Crippen LogP contribution in [0.25, 0.3) is 0 Å². The Bertz CT molecular complexity index is 471. The van der Waals surface area contributed by atoms with Gasteiger partial charge in [0.15, 0.2) is 9.84 Å². The minimum atomic E-state index is -3.07. The number of sulfone groups is 1. The number of anilines is 1. The van der Waals surface area contributed by atoms with Crippen molar-refractivity contribution in [1.29, 1.82) is 0 Å². The third-order valence-electron chi connectivity index (χ3n) is 2.54. The maximum atomic E-state index is 11.8. The van der Waals surface area contributed by atoms with Gasteiger partial charge >= 0.3 is 0 Å². The summed E-state index contributed by atoms with van der Waals surface area (Å²) < 4.78 is 23.6. The monoisotopic (exact) mass is 275 g/mol. The van der Waals surface area contributed by atoms with Gasteiger partial charge in [-0.3, -0.25) is 0 Å². The summed E-state index contributed by atoms with van der Waals surface area (Å²) in [6.45, 7) is 2.05. The molecule has 1 aromatic rings. The Morgan fingerprint density at radius 3 is 2.59 bits per heavy atom. The first-order chi connectivity index (χ1) is 7.94. The highest BCUT2D eigenvalue weighted by Gasteiger charge is 2.13. The van der Waals surface area contributed by atoms with Crippen LogP contribution in [0.15, 0.2) is 18.2 Å². The molecule has 0 aliphatic heterocycles. The summed E-state index contributed by atoms with van der Waals surface area (Å²) >= 11 is 5.76. The first kappa shape index (κ1) is 14.3. The van der Waals surface area contributed by atoms with Gasteiger partial charge in [0, 0.05) is 10.7 Å². The van der Waals surface area contributed by atoms with Gasteiger partial charge in [0.05, 0.1) is 11.5 Å². The molecule has 0 fully saturated rings. The Labute approximate surface area is 108 Å². The first-order valence-corrected chi connectivity index (χ1v) is 7.89. The van der Waals surface area contributed by atoms with E-state index in [1.54, 1.807) is 18.2 Å². The van der Waals surface area contributed by atoms with Crippen molar-refractivity contribution < 1.29 is 8.42 Å². The number of nitrogens with two attached hydrogens (primary N) is 1. The standard InChI is InChI=1S/C12H18ClNO2S/c1-2-3-4-7-17(15,16)9-10-5-6-11(13)8-12(10)14/h5-6,8H,2-4,7,9,14H2,1H3. The van der Waals surface area contributed by atoms with E-state index in [1.165, 1.54) is 0 Å². The maximum absolute atomic E-state index is 11.8. The van der Waals surface area contributed by atoms with Crippen molar-refractivity contribution in [1.82, 2.24) is 0 Å². The highest BCUT2D eigenvalue weighted by molar-refractivity contribution is 7.90. The molecule has 5 heteroatoms. The van der Waals surface area contributed by atoms with Crippen molar-refractivity contribution in [3.05, 3.63) is 28.8 Å². The molecular weight excluding hydrogens is 258 g/mol. The highest BCUT2D eigenvalue weighted by Crippen LogP contribution is 2.20. The summed E-state index contributed by atoms with van der Waals surface area (Å²) in [6.07, 6.45) is 2.67. The average molecular weight is 276 g/mol. The number of nitrogen functional groups attached to an aromatic ring is 1. The molecule has 0 atom stereocenters. The van der Waals surface area contributed by atoms with Crippen LogP contribution < -0.4 is 5.73 Å². The SMILES string of the molecule is CCCCCS(=O)(=O)Cc1ccc(Cl)cc1N. The van der Waals surface area contributed by atoms with Crippen molar-refractivity contribution in [3.8, 4) is 0 Å². The fraction of sp³-hybridized carbons (Fsp3) is 0.500. The quantitative estimate of drug-likeness (QED) is 0.641. The molecule has 0 saturated heterocycles. The van der Waals surface area contributed by atoms with E-state index in [0.717, 1.165) is 12.8 Å². The van der Waals surface area contributed by atoms with Gasteiger partial charge in [0.25, 0.3) is 0 Å². The zero-order valence-electron chi connectivity index (χ0n) is 9.95. The van der Waals surface area contributed by atoms with Crippen LogP contribution in [0.4, 0.5) is 5.69 Å². The summed E-state index contributed by atoms with van der Waals surface area (Å²) in [5, 5.41) is 0.523. The maximum Gasteiger partial charge on any atom is 0.154 e. The number of benzene rings is 1. The van der Waals surface area contributed by atoms with E-state index in [4.69, 9.17) is 17.3 Å². The van der Waals surface area contributed by atoms with E-state index in [2.05, 4.69) is 0 Å². The number of hydrogen-bond acceptors (Lipinski definition) is 3. The van der Waals surface area contributed by atoms with Crippen molar-refractivity contribution >= 4 is 27.1 Å².